The quantitative estimate of drug-likeness (QED) is 0.418. The highest BCUT2D eigenvalue weighted by molar-refractivity contribution is 6.11. The van der Waals surface area contributed by atoms with Crippen molar-refractivity contribution in [3.05, 3.63) is 94.3 Å². The number of benzene rings is 2. The normalized spacial score (nSPS) is 17.9. The van der Waals surface area contributed by atoms with Crippen LogP contribution in [0.2, 0.25) is 0 Å². The molecule has 3 amide bonds. The van der Waals surface area contributed by atoms with Crippen molar-refractivity contribution in [2.24, 2.45) is 0 Å². The number of carbonyl (C=O) groups is 3. The molecule has 2 heterocycles. The van der Waals surface area contributed by atoms with E-state index in [2.05, 4.69) is 5.32 Å². The molecule has 1 aromatic heterocycles. The van der Waals surface area contributed by atoms with E-state index >= 15 is 0 Å². The molecule has 1 N–H and O–H groups in total. The van der Waals surface area contributed by atoms with Crippen LogP contribution in [0.25, 0.3) is 0 Å². The van der Waals surface area contributed by atoms with Crippen molar-refractivity contribution in [3.8, 4) is 0 Å². The second kappa shape index (κ2) is 8.85. The summed E-state index contributed by atoms with van der Waals surface area (Å²) in [5.74, 6) is -3.26. The van der Waals surface area contributed by atoms with E-state index < -0.39 is 35.7 Å². The lowest BCUT2D eigenvalue weighted by Crippen LogP contribution is -2.41. The molecular formula is C26H25F2N3O3. The number of halogens is 2. The van der Waals surface area contributed by atoms with E-state index in [0.717, 1.165) is 34.8 Å². The SMILES string of the molecule is Cc1cc(C(=O)CN2C(=O)NC(C)(c3ccc(F)c(F)c3)C2=O)c(C)n1CCc1ccccc1. The van der Waals surface area contributed by atoms with Gasteiger partial charge in [-0.1, -0.05) is 36.4 Å². The van der Waals surface area contributed by atoms with Gasteiger partial charge in [0.15, 0.2) is 17.4 Å². The summed E-state index contributed by atoms with van der Waals surface area (Å²) in [6.07, 6.45) is 0.796. The van der Waals surface area contributed by atoms with E-state index in [1.54, 1.807) is 6.07 Å². The highest BCUT2D eigenvalue weighted by Gasteiger charge is 2.49. The number of amides is 3. The molecule has 6 nitrogen and oxygen atoms in total. The summed E-state index contributed by atoms with van der Waals surface area (Å²) in [5, 5.41) is 2.51. The number of carbonyl (C=O) groups excluding carboxylic acids is 3. The zero-order chi connectivity index (χ0) is 24.6. The lowest BCUT2D eigenvalue weighted by Gasteiger charge is -2.22. The molecule has 2 aromatic carbocycles. The Morgan fingerprint density at radius 2 is 1.71 bits per heavy atom. The Balaban J connectivity index is 1.52. The van der Waals surface area contributed by atoms with Gasteiger partial charge in [0.2, 0.25) is 0 Å². The summed E-state index contributed by atoms with van der Waals surface area (Å²) >= 11 is 0. The molecular weight excluding hydrogens is 440 g/mol. The molecule has 1 fully saturated rings. The van der Waals surface area contributed by atoms with Crippen LogP contribution in [0.3, 0.4) is 0 Å². The van der Waals surface area contributed by atoms with Crippen molar-refractivity contribution in [3.63, 3.8) is 0 Å². The van der Waals surface area contributed by atoms with Crippen molar-refractivity contribution in [1.82, 2.24) is 14.8 Å². The van der Waals surface area contributed by atoms with Gasteiger partial charge in [-0.05, 0) is 56.5 Å². The number of aromatic nitrogens is 1. The molecule has 1 saturated heterocycles. The highest BCUT2D eigenvalue weighted by Crippen LogP contribution is 2.30. The molecule has 3 aromatic rings. The van der Waals surface area contributed by atoms with Crippen LogP contribution in [0.15, 0.2) is 54.6 Å². The lowest BCUT2D eigenvalue weighted by atomic mass is 9.92. The lowest BCUT2D eigenvalue weighted by molar-refractivity contribution is -0.130. The first kappa shape index (κ1) is 23.4. The number of imide groups is 1. The van der Waals surface area contributed by atoms with Gasteiger partial charge >= 0.3 is 6.03 Å². The van der Waals surface area contributed by atoms with E-state index in [-0.39, 0.29) is 11.3 Å². The monoisotopic (exact) mass is 465 g/mol. The first-order valence-corrected chi connectivity index (χ1v) is 11.0. The molecule has 176 valence electrons. The third-order valence-corrected chi connectivity index (χ3v) is 6.41. The van der Waals surface area contributed by atoms with E-state index in [4.69, 9.17) is 0 Å². The van der Waals surface area contributed by atoms with Gasteiger partial charge in [-0.25, -0.2) is 13.6 Å². The van der Waals surface area contributed by atoms with Crippen molar-refractivity contribution in [2.75, 3.05) is 6.54 Å². The number of nitrogens with one attached hydrogen (secondary N) is 1. The molecule has 0 radical (unpaired) electrons. The minimum atomic E-state index is -1.60. The second-order valence-corrected chi connectivity index (χ2v) is 8.67. The Hall–Kier alpha value is -3.81. The Labute approximate surface area is 196 Å². The van der Waals surface area contributed by atoms with Crippen molar-refractivity contribution >= 4 is 17.7 Å². The number of Topliss-reactive ketones (excluding diaryl/α,β-unsaturated/α-hetero) is 1. The van der Waals surface area contributed by atoms with Crippen LogP contribution in [0.5, 0.6) is 0 Å². The van der Waals surface area contributed by atoms with Gasteiger partial charge < -0.3 is 9.88 Å². The predicted molar refractivity (Wildman–Crippen MR) is 122 cm³/mol. The third-order valence-electron chi connectivity index (χ3n) is 6.41. The maximum atomic E-state index is 13.7. The summed E-state index contributed by atoms with van der Waals surface area (Å²) in [7, 11) is 0. The van der Waals surface area contributed by atoms with Gasteiger partial charge in [0, 0.05) is 23.5 Å². The van der Waals surface area contributed by atoms with Gasteiger partial charge in [0.1, 0.15) is 5.54 Å². The minimum absolute atomic E-state index is 0.0961. The van der Waals surface area contributed by atoms with Crippen LogP contribution in [0, 0.1) is 25.5 Å². The predicted octanol–water partition coefficient (Wildman–Crippen LogP) is 4.28. The fraction of sp³-hybridized carbons (Fsp3) is 0.269. The summed E-state index contributed by atoms with van der Waals surface area (Å²) in [4.78, 5) is 39.6. The van der Waals surface area contributed by atoms with Gasteiger partial charge in [0.25, 0.3) is 5.91 Å². The molecule has 1 aliphatic rings. The first-order valence-electron chi connectivity index (χ1n) is 11.0. The summed E-state index contributed by atoms with van der Waals surface area (Å²) in [6.45, 7) is 5.38. The zero-order valence-electron chi connectivity index (χ0n) is 19.2. The molecule has 0 bridgehead atoms. The molecule has 8 heteroatoms. The number of aryl methyl sites for hydroxylation is 2. The average Bonchev–Trinajstić information content (AvgIpc) is 3.22. The fourth-order valence-electron chi connectivity index (χ4n) is 4.39. The van der Waals surface area contributed by atoms with Crippen molar-refractivity contribution < 1.29 is 23.2 Å². The van der Waals surface area contributed by atoms with Crippen LogP contribution in [-0.4, -0.2) is 33.7 Å². The molecule has 1 unspecified atom stereocenters. The van der Waals surface area contributed by atoms with E-state index in [1.165, 1.54) is 18.6 Å². The van der Waals surface area contributed by atoms with Gasteiger partial charge in [-0.3, -0.25) is 14.5 Å². The molecule has 1 aliphatic heterocycles. The molecule has 0 aliphatic carbocycles. The Bertz CT molecular complexity index is 1290. The number of rotatable bonds is 7. The molecule has 0 saturated carbocycles. The van der Waals surface area contributed by atoms with Gasteiger partial charge in [-0.2, -0.15) is 0 Å². The molecule has 34 heavy (non-hydrogen) atoms. The Kier molecular flexibility index (Phi) is 6.08. The summed E-state index contributed by atoms with van der Waals surface area (Å²) in [5.41, 5.74) is 1.78. The van der Waals surface area contributed by atoms with Gasteiger partial charge in [0.05, 0.1) is 6.54 Å². The number of hydrogen-bond acceptors (Lipinski definition) is 3. The van der Waals surface area contributed by atoms with Gasteiger partial charge in [-0.15, -0.1) is 0 Å². The number of hydrogen-bond donors (Lipinski definition) is 1. The maximum absolute atomic E-state index is 13.7. The van der Waals surface area contributed by atoms with E-state index in [9.17, 15) is 23.2 Å². The number of nitrogens with zero attached hydrogens (tertiary/aromatic N) is 2. The Morgan fingerprint density at radius 3 is 2.38 bits per heavy atom. The standard InChI is InChI=1S/C26H25F2N3O3/c1-16-13-20(17(2)30(16)12-11-18-7-5-4-6-8-18)23(32)15-31-24(33)26(3,29-25(31)34)19-9-10-21(27)22(28)14-19/h4-10,13-14H,11-12,15H2,1-3H3,(H,29,34). The minimum Gasteiger partial charge on any atom is -0.348 e. The van der Waals surface area contributed by atoms with Crippen LogP contribution in [0.1, 0.15) is 39.8 Å². The highest BCUT2D eigenvalue weighted by atomic mass is 19.2. The number of urea groups is 1. The average molecular weight is 466 g/mol. The topological polar surface area (TPSA) is 71.4 Å². The third kappa shape index (κ3) is 4.11. The molecule has 4 rings (SSSR count). The first-order chi connectivity index (χ1) is 16.1. The van der Waals surface area contributed by atoms with E-state index in [0.29, 0.717) is 12.1 Å². The smallest absolute Gasteiger partial charge is 0.325 e. The summed E-state index contributed by atoms with van der Waals surface area (Å²) in [6, 6.07) is 14.0. The van der Waals surface area contributed by atoms with Crippen molar-refractivity contribution in [2.45, 2.75) is 39.3 Å². The fourth-order valence-corrected chi connectivity index (χ4v) is 4.39. The van der Waals surface area contributed by atoms with E-state index in [1.807, 2.05) is 48.7 Å². The molecule has 0 spiro atoms. The zero-order valence-corrected chi connectivity index (χ0v) is 19.2. The maximum Gasteiger partial charge on any atom is 0.325 e. The van der Waals surface area contributed by atoms with Crippen LogP contribution in [-0.2, 0) is 23.3 Å². The Morgan fingerprint density at radius 1 is 1.00 bits per heavy atom. The molecule has 1 atom stereocenters. The van der Waals surface area contributed by atoms with Crippen LogP contribution < -0.4 is 5.32 Å². The number of ketones is 1. The largest absolute Gasteiger partial charge is 0.348 e. The van der Waals surface area contributed by atoms with Crippen LogP contribution >= 0.6 is 0 Å². The van der Waals surface area contributed by atoms with Crippen LogP contribution in [0.4, 0.5) is 13.6 Å². The summed E-state index contributed by atoms with van der Waals surface area (Å²) < 4.78 is 29.1. The van der Waals surface area contributed by atoms with Crippen molar-refractivity contribution in [1.29, 1.82) is 0 Å². The second-order valence-electron chi connectivity index (χ2n) is 8.67.